The minimum Gasteiger partial charge on any atom is -0.508 e. The third-order valence-corrected chi connectivity index (χ3v) is 5.22. The van der Waals surface area contributed by atoms with Gasteiger partial charge in [-0.15, -0.1) is 6.42 Å². The van der Waals surface area contributed by atoms with Gasteiger partial charge in [0.15, 0.2) is 0 Å². The van der Waals surface area contributed by atoms with Gasteiger partial charge in [-0.05, 0) is 43.9 Å². The maximum atomic E-state index is 9.78. The van der Waals surface area contributed by atoms with Crippen molar-refractivity contribution < 1.29 is 5.11 Å². The summed E-state index contributed by atoms with van der Waals surface area (Å²) >= 11 is 0. The standard InChI is InChI=1S/C17H21NO/c1-3-10-18-13(2)17(9-5-7-15(18)12-17)14-6-4-8-16(19)11-14/h1,4,6,8,11,13,15,19H,5,7,9-10,12H2,2H3. The molecule has 2 aliphatic rings. The number of likely N-dealkylation sites (tertiary alicyclic amines) is 1. The highest BCUT2D eigenvalue weighted by Gasteiger charge is 2.52. The highest BCUT2D eigenvalue weighted by Crippen LogP contribution is 2.51. The second kappa shape index (κ2) is 4.58. The van der Waals surface area contributed by atoms with E-state index >= 15 is 0 Å². The predicted molar refractivity (Wildman–Crippen MR) is 77.0 cm³/mol. The van der Waals surface area contributed by atoms with Gasteiger partial charge in [-0.1, -0.05) is 24.5 Å². The number of nitrogens with zero attached hydrogens (tertiary/aromatic N) is 1. The monoisotopic (exact) mass is 255 g/mol. The van der Waals surface area contributed by atoms with Crippen molar-refractivity contribution in [2.24, 2.45) is 0 Å². The molecule has 0 amide bonds. The number of terminal acetylenes is 1. The van der Waals surface area contributed by atoms with E-state index in [1.54, 1.807) is 6.07 Å². The van der Waals surface area contributed by atoms with E-state index in [2.05, 4.69) is 23.8 Å². The van der Waals surface area contributed by atoms with Crippen molar-refractivity contribution in [3.63, 3.8) is 0 Å². The molecule has 2 nitrogen and oxygen atoms in total. The van der Waals surface area contributed by atoms with Crippen molar-refractivity contribution in [3.05, 3.63) is 29.8 Å². The van der Waals surface area contributed by atoms with Crippen LogP contribution in [0, 0.1) is 12.3 Å². The van der Waals surface area contributed by atoms with Gasteiger partial charge in [-0.2, -0.15) is 0 Å². The molecule has 1 saturated heterocycles. The number of aromatic hydroxyl groups is 1. The number of rotatable bonds is 2. The average molecular weight is 255 g/mol. The van der Waals surface area contributed by atoms with E-state index in [-0.39, 0.29) is 5.41 Å². The van der Waals surface area contributed by atoms with Crippen LogP contribution in [-0.4, -0.2) is 28.6 Å². The lowest BCUT2D eigenvalue weighted by atomic mass is 9.67. The summed E-state index contributed by atoms with van der Waals surface area (Å²) in [6.45, 7) is 3.04. The van der Waals surface area contributed by atoms with Crippen LogP contribution in [-0.2, 0) is 5.41 Å². The largest absolute Gasteiger partial charge is 0.508 e. The number of fused-ring (bicyclic) bond motifs is 2. The third kappa shape index (κ3) is 1.84. The Labute approximate surface area is 115 Å². The van der Waals surface area contributed by atoms with Crippen LogP contribution in [0.1, 0.15) is 38.2 Å². The fourth-order valence-corrected chi connectivity index (χ4v) is 4.26. The molecule has 0 spiro atoms. The molecule has 100 valence electrons. The summed E-state index contributed by atoms with van der Waals surface area (Å²) in [4.78, 5) is 2.48. The van der Waals surface area contributed by atoms with E-state index in [4.69, 9.17) is 6.42 Å². The topological polar surface area (TPSA) is 23.5 Å². The lowest BCUT2D eigenvalue weighted by Crippen LogP contribution is -2.40. The lowest BCUT2D eigenvalue weighted by Gasteiger charge is -2.36. The fraction of sp³-hybridized carbons (Fsp3) is 0.529. The number of hydrogen-bond acceptors (Lipinski definition) is 2. The van der Waals surface area contributed by atoms with Gasteiger partial charge in [0.1, 0.15) is 5.75 Å². The Morgan fingerprint density at radius 3 is 3.11 bits per heavy atom. The Kier molecular flexibility index (Phi) is 3.03. The molecule has 2 bridgehead atoms. The van der Waals surface area contributed by atoms with Gasteiger partial charge >= 0.3 is 0 Å². The van der Waals surface area contributed by atoms with Crippen LogP contribution in [0.2, 0.25) is 0 Å². The smallest absolute Gasteiger partial charge is 0.115 e. The van der Waals surface area contributed by atoms with Gasteiger partial charge < -0.3 is 5.11 Å². The van der Waals surface area contributed by atoms with Crippen LogP contribution in [0.3, 0.4) is 0 Å². The highest BCUT2D eigenvalue weighted by atomic mass is 16.3. The van der Waals surface area contributed by atoms with Crippen molar-refractivity contribution in [2.75, 3.05) is 6.54 Å². The molecule has 3 unspecified atom stereocenters. The molecule has 1 aliphatic heterocycles. The zero-order valence-electron chi connectivity index (χ0n) is 11.5. The maximum Gasteiger partial charge on any atom is 0.115 e. The van der Waals surface area contributed by atoms with E-state index in [1.165, 1.54) is 31.2 Å². The van der Waals surface area contributed by atoms with Crippen LogP contribution < -0.4 is 0 Å². The Balaban J connectivity index is 2.01. The summed E-state index contributed by atoms with van der Waals surface area (Å²) < 4.78 is 0. The SMILES string of the molecule is C#CCN1C2CCCC(c3cccc(O)c3)(C2)C1C. The minimum absolute atomic E-state index is 0.179. The zero-order valence-corrected chi connectivity index (χ0v) is 11.5. The molecule has 0 aromatic heterocycles. The normalized spacial score (nSPS) is 34.1. The number of phenols is 1. The Morgan fingerprint density at radius 1 is 1.53 bits per heavy atom. The number of phenolic OH excluding ortho intramolecular Hbond substituents is 1. The van der Waals surface area contributed by atoms with E-state index < -0.39 is 0 Å². The van der Waals surface area contributed by atoms with Crippen LogP contribution in [0.4, 0.5) is 0 Å². The lowest BCUT2D eigenvalue weighted by molar-refractivity contribution is 0.217. The molecule has 3 rings (SSSR count). The first kappa shape index (κ1) is 12.6. The third-order valence-electron chi connectivity index (χ3n) is 5.22. The summed E-state index contributed by atoms with van der Waals surface area (Å²) in [5.74, 6) is 3.18. The van der Waals surface area contributed by atoms with Gasteiger partial charge in [-0.3, -0.25) is 4.90 Å². The van der Waals surface area contributed by atoms with Crippen molar-refractivity contribution in [3.8, 4) is 18.1 Å². The van der Waals surface area contributed by atoms with E-state index in [0.717, 1.165) is 6.54 Å². The van der Waals surface area contributed by atoms with Gasteiger partial charge in [-0.25, -0.2) is 0 Å². The second-order valence-corrected chi connectivity index (χ2v) is 6.01. The Hall–Kier alpha value is -1.46. The summed E-state index contributed by atoms with van der Waals surface area (Å²) in [5, 5.41) is 9.78. The molecule has 3 atom stereocenters. The molecule has 1 aromatic carbocycles. The summed E-state index contributed by atoms with van der Waals surface area (Å²) in [5.41, 5.74) is 1.46. The molecule has 1 N–H and O–H groups in total. The molecular weight excluding hydrogens is 234 g/mol. The molecule has 1 heterocycles. The van der Waals surface area contributed by atoms with Crippen molar-refractivity contribution in [1.29, 1.82) is 0 Å². The van der Waals surface area contributed by atoms with E-state index in [0.29, 0.717) is 17.8 Å². The van der Waals surface area contributed by atoms with Crippen molar-refractivity contribution >= 4 is 0 Å². The quantitative estimate of drug-likeness (QED) is 0.821. The molecular formula is C17H21NO. The van der Waals surface area contributed by atoms with Crippen molar-refractivity contribution in [1.82, 2.24) is 4.90 Å². The Bertz CT molecular complexity index is 518. The zero-order chi connectivity index (χ0) is 13.5. The first-order valence-corrected chi connectivity index (χ1v) is 7.16. The van der Waals surface area contributed by atoms with E-state index in [1.807, 2.05) is 12.1 Å². The number of benzene rings is 1. The average Bonchev–Trinajstić information content (AvgIpc) is 2.61. The Morgan fingerprint density at radius 2 is 2.37 bits per heavy atom. The second-order valence-electron chi connectivity index (χ2n) is 6.01. The summed E-state index contributed by atoms with van der Waals surface area (Å²) in [6, 6.07) is 8.88. The fourth-order valence-electron chi connectivity index (χ4n) is 4.26. The molecule has 1 aliphatic carbocycles. The van der Waals surface area contributed by atoms with Crippen LogP contribution in [0.15, 0.2) is 24.3 Å². The van der Waals surface area contributed by atoms with Crippen LogP contribution in [0.25, 0.3) is 0 Å². The molecule has 2 fully saturated rings. The first-order valence-electron chi connectivity index (χ1n) is 7.16. The van der Waals surface area contributed by atoms with Gasteiger partial charge in [0.05, 0.1) is 6.54 Å². The molecule has 0 radical (unpaired) electrons. The number of hydrogen-bond donors (Lipinski definition) is 1. The predicted octanol–water partition coefficient (Wildman–Crippen LogP) is 2.91. The van der Waals surface area contributed by atoms with Gasteiger partial charge in [0, 0.05) is 17.5 Å². The maximum absolute atomic E-state index is 9.78. The molecule has 1 saturated carbocycles. The van der Waals surface area contributed by atoms with Crippen LogP contribution in [0.5, 0.6) is 5.75 Å². The summed E-state index contributed by atoms with van der Waals surface area (Å²) in [7, 11) is 0. The van der Waals surface area contributed by atoms with Crippen molar-refractivity contribution in [2.45, 2.75) is 50.1 Å². The highest BCUT2D eigenvalue weighted by molar-refractivity contribution is 5.37. The molecule has 19 heavy (non-hydrogen) atoms. The molecule has 2 heteroatoms. The van der Waals surface area contributed by atoms with Crippen LogP contribution >= 0.6 is 0 Å². The van der Waals surface area contributed by atoms with Gasteiger partial charge in [0.2, 0.25) is 0 Å². The molecule has 1 aromatic rings. The van der Waals surface area contributed by atoms with E-state index in [9.17, 15) is 5.11 Å². The van der Waals surface area contributed by atoms with Gasteiger partial charge in [0.25, 0.3) is 0 Å². The summed E-state index contributed by atoms with van der Waals surface area (Å²) in [6.07, 6.45) is 10.4. The minimum atomic E-state index is 0.179. The first-order chi connectivity index (χ1) is 9.17.